The second kappa shape index (κ2) is 10.4. The maximum absolute atomic E-state index is 14.8. The molecule has 2 aliphatic rings. The summed E-state index contributed by atoms with van der Waals surface area (Å²) in [6.07, 6.45) is 10.7. The van der Waals surface area contributed by atoms with E-state index in [1.165, 1.54) is 50.7 Å². The van der Waals surface area contributed by atoms with E-state index in [9.17, 15) is 13.2 Å². The Morgan fingerprint density at radius 1 is 0.781 bits per heavy atom. The SMILES string of the molecule is CCCOc1ccc2cc(OCC3CCC4CC(CCC)CCC4C3)c(F)c(F)c2c1F. The molecule has 2 aromatic rings. The highest BCUT2D eigenvalue weighted by atomic mass is 19.2. The largest absolute Gasteiger partial charge is 0.491 e. The van der Waals surface area contributed by atoms with Gasteiger partial charge in [0.05, 0.1) is 18.6 Å². The summed E-state index contributed by atoms with van der Waals surface area (Å²) in [6.45, 7) is 4.86. The Morgan fingerprint density at radius 3 is 2.22 bits per heavy atom. The summed E-state index contributed by atoms with van der Waals surface area (Å²) in [5.41, 5.74) is 0. The Kier molecular flexibility index (Phi) is 7.52. The molecule has 2 saturated carbocycles. The topological polar surface area (TPSA) is 18.5 Å². The molecule has 0 heterocycles. The van der Waals surface area contributed by atoms with Crippen LogP contribution in [0.15, 0.2) is 18.2 Å². The molecule has 4 rings (SSSR count). The monoisotopic (exact) mass is 448 g/mol. The third-order valence-electron chi connectivity index (χ3n) is 7.52. The van der Waals surface area contributed by atoms with Gasteiger partial charge in [-0.05, 0) is 79.7 Å². The number of rotatable bonds is 8. The van der Waals surface area contributed by atoms with Gasteiger partial charge in [-0.25, -0.2) is 8.78 Å². The van der Waals surface area contributed by atoms with E-state index in [-0.39, 0.29) is 22.3 Å². The van der Waals surface area contributed by atoms with Gasteiger partial charge in [-0.2, -0.15) is 4.39 Å². The molecule has 2 aliphatic carbocycles. The number of hydrogen-bond donors (Lipinski definition) is 0. The molecule has 0 aromatic heterocycles. The van der Waals surface area contributed by atoms with Crippen molar-refractivity contribution in [1.82, 2.24) is 0 Å². The van der Waals surface area contributed by atoms with Gasteiger partial charge in [0.1, 0.15) is 0 Å². The summed E-state index contributed by atoms with van der Waals surface area (Å²) in [7, 11) is 0. The van der Waals surface area contributed by atoms with Gasteiger partial charge in [-0.15, -0.1) is 0 Å². The van der Waals surface area contributed by atoms with Gasteiger partial charge >= 0.3 is 0 Å². The lowest BCUT2D eigenvalue weighted by Gasteiger charge is -2.42. The van der Waals surface area contributed by atoms with Crippen molar-refractivity contribution in [1.29, 1.82) is 0 Å². The molecule has 0 N–H and O–H groups in total. The molecule has 2 fully saturated rings. The van der Waals surface area contributed by atoms with E-state index in [0.29, 0.717) is 25.6 Å². The average molecular weight is 449 g/mol. The van der Waals surface area contributed by atoms with Gasteiger partial charge in [0.2, 0.25) is 5.82 Å². The molecular formula is C27H35F3O2. The fourth-order valence-electron chi connectivity index (χ4n) is 5.88. The maximum atomic E-state index is 14.8. The van der Waals surface area contributed by atoms with Crippen molar-refractivity contribution in [2.24, 2.45) is 23.7 Å². The number of fused-ring (bicyclic) bond motifs is 2. The highest BCUT2D eigenvalue weighted by Gasteiger charge is 2.35. The molecule has 2 aromatic carbocycles. The Morgan fingerprint density at radius 2 is 1.50 bits per heavy atom. The lowest BCUT2D eigenvalue weighted by Crippen LogP contribution is -2.33. The molecule has 0 spiro atoms. The summed E-state index contributed by atoms with van der Waals surface area (Å²) < 4.78 is 55.3. The van der Waals surface area contributed by atoms with Crippen LogP contribution >= 0.6 is 0 Å². The van der Waals surface area contributed by atoms with Crippen molar-refractivity contribution in [3.8, 4) is 11.5 Å². The van der Waals surface area contributed by atoms with E-state index < -0.39 is 17.5 Å². The molecule has 4 unspecified atom stereocenters. The Bertz CT molecular complexity index is 929. The zero-order valence-electron chi connectivity index (χ0n) is 19.3. The lowest BCUT2D eigenvalue weighted by atomic mass is 9.64. The van der Waals surface area contributed by atoms with Crippen molar-refractivity contribution in [2.75, 3.05) is 13.2 Å². The zero-order chi connectivity index (χ0) is 22.7. The quantitative estimate of drug-likeness (QED) is 0.407. The Balaban J connectivity index is 1.42. The van der Waals surface area contributed by atoms with Crippen molar-refractivity contribution in [3.05, 3.63) is 35.7 Å². The van der Waals surface area contributed by atoms with Crippen LogP contribution in [-0.2, 0) is 0 Å². The molecule has 0 radical (unpaired) electrons. The van der Waals surface area contributed by atoms with Crippen LogP contribution in [0.3, 0.4) is 0 Å². The van der Waals surface area contributed by atoms with Crippen LogP contribution in [0.1, 0.15) is 71.6 Å². The van der Waals surface area contributed by atoms with Gasteiger partial charge < -0.3 is 9.47 Å². The van der Waals surface area contributed by atoms with Crippen molar-refractivity contribution in [2.45, 2.75) is 71.6 Å². The summed E-state index contributed by atoms with van der Waals surface area (Å²) in [5, 5.41) is -0.106. The van der Waals surface area contributed by atoms with Crippen LogP contribution in [0.4, 0.5) is 13.2 Å². The van der Waals surface area contributed by atoms with Crippen LogP contribution in [0.25, 0.3) is 10.8 Å². The van der Waals surface area contributed by atoms with E-state index in [0.717, 1.165) is 30.6 Å². The predicted molar refractivity (Wildman–Crippen MR) is 122 cm³/mol. The van der Waals surface area contributed by atoms with E-state index in [2.05, 4.69) is 6.92 Å². The third kappa shape index (κ3) is 4.87. The molecule has 0 saturated heterocycles. The minimum atomic E-state index is -1.21. The smallest absolute Gasteiger partial charge is 0.201 e. The Hall–Kier alpha value is -1.91. The fraction of sp³-hybridized carbons (Fsp3) is 0.630. The van der Waals surface area contributed by atoms with E-state index in [1.54, 1.807) is 6.07 Å². The lowest BCUT2D eigenvalue weighted by molar-refractivity contribution is 0.0740. The van der Waals surface area contributed by atoms with Crippen molar-refractivity contribution < 1.29 is 22.6 Å². The van der Waals surface area contributed by atoms with Crippen LogP contribution in [-0.4, -0.2) is 13.2 Å². The highest BCUT2D eigenvalue weighted by molar-refractivity contribution is 5.86. The molecule has 0 amide bonds. The standard InChI is InChI=1S/C27H35F3O2/c1-3-5-17-6-8-20-14-18(7-9-19(20)13-17)16-32-23-15-21-10-11-22(31-12-4-2)25(28)24(21)27(30)26(23)29/h10-11,15,17-20H,3-9,12-14,16H2,1-2H3. The van der Waals surface area contributed by atoms with Crippen LogP contribution < -0.4 is 9.47 Å². The van der Waals surface area contributed by atoms with Gasteiger partial charge in [-0.3, -0.25) is 0 Å². The molecule has 0 bridgehead atoms. The third-order valence-corrected chi connectivity index (χ3v) is 7.52. The van der Waals surface area contributed by atoms with Gasteiger partial charge in [0, 0.05) is 0 Å². The van der Waals surface area contributed by atoms with Crippen LogP contribution in [0.5, 0.6) is 11.5 Å². The normalized spacial score (nSPS) is 25.5. The van der Waals surface area contributed by atoms with E-state index >= 15 is 0 Å². The minimum absolute atomic E-state index is 0.0586. The first kappa shape index (κ1) is 23.3. The first-order chi connectivity index (χ1) is 15.5. The first-order valence-corrected chi connectivity index (χ1v) is 12.4. The highest BCUT2D eigenvalue weighted by Crippen LogP contribution is 2.46. The summed E-state index contributed by atoms with van der Waals surface area (Å²) in [4.78, 5) is 0. The molecule has 5 heteroatoms. The van der Waals surface area contributed by atoms with Crippen molar-refractivity contribution in [3.63, 3.8) is 0 Å². The molecule has 2 nitrogen and oxygen atoms in total. The molecular weight excluding hydrogens is 413 g/mol. The van der Waals surface area contributed by atoms with E-state index in [4.69, 9.17) is 9.47 Å². The second-order valence-electron chi connectivity index (χ2n) is 9.80. The fourth-order valence-corrected chi connectivity index (χ4v) is 5.88. The summed E-state index contributed by atoms with van der Waals surface area (Å²) >= 11 is 0. The van der Waals surface area contributed by atoms with Gasteiger partial charge in [-0.1, -0.05) is 39.2 Å². The van der Waals surface area contributed by atoms with Crippen molar-refractivity contribution >= 4 is 10.8 Å². The molecule has 4 atom stereocenters. The molecule has 32 heavy (non-hydrogen) atoms. The number of ether oxygens (including phenoxy) is 2. The Labute approximate surface area is 189 Å². The number of hydrogen-bond acceptors (Lipinski definition) is 2. The van der Waals surface area contributed by atoms with Gasteiger partial charge in [0.15, 0.2) is 23.1 Å². The zero-order valence-corrected chi connectivity index (χ0v) is 19.3. The van der Waals surface area contributed by atoms with Crippen LogP contribution in [0, 0.1) is 41.1 Å². The number of benzene rings is 2. The molecule has 176 valence electrons. The van der Waals surface area contributed by atoms with Crippen LogP contribution in [0.2, 0.25) is 0 Å². The van der Waals surface area contributed by atoms with Gasteiger partial charge in [0.25, 0.3) is 0 Å². The minimum Gasteiger partial charge on any atom is -0.491 e. The average Bonchev–Trinajstić information content (AvgIpc) is 2.80. The first-order valence-electron chi connectivity index (χ1n) is 12.4. The van der Waals surface area contributed by atoms with E-state index in [1.807, 2.05) is 6.92 Å². The summed E-state index contributed by atoms with van der Waals surface area (Å²) in [6, 6.07) is 4.42. The maximum Gasteiger partial charge on any atom is 0.201 e. The molecule has 0 aliphatic heterocycles. The second-order valence-corrected chi connectivity index (χ2v) is 9.80. The number of halogens is 3. The summed E-state index contributed by atoms with van der Waals surface area (Å²) in [5.74, 6) is -0.598. The predicted octanol–water partition coefficient (Wildman–Crippen LogP) is 8.06.